The Morgan fingerprint density at radius 2 is 1.79 bits per heavy atom. The van der Waals surface area contributed by atoms with Crippen molar-refractivity contribution in [2.75, 3.05) is 24.1 Å². The molecule has 3 heterocycles. The monoisotopic (exact) mass is 531 g/mol. The quantitative estimate of drug-likeness (QED) is 0.235. The Morgan fingerprint density at radius 1 is 0.974 bits per heavy atom. The number of nitrogen functional groups attached to an aromatic ring is 1. The second-order valence-corrected chi connectivity index (χ2v) is 11.2. The first-order valence-electron chi connectivity index (χ1n) is 13.6. The topological polar surface area (TPSA) is 124 Å². The van der Waals surface area contributed by atoms with E-state index in [0.29, 0.717) is 23.9 Å². The molecular weight excluding hydrogens is 494 g/mol. The first-order chi connectivity index (χ1) is 18.6. The predicted octanol–water partition coefficient (Wildman–Crippen LogP) is 5.88. The molecule has 2 aliphatic rings. The number of anilines is 2. The number of nitrogens with zero attached hydrogens (tertiary/aromatic N) is 3. The Hall–Kier alpha value is -3.27. The van der Waals surface area contributed by atoms with Crippen LogP contribution in [-0.4, -0.2) is 40.1 Å². The minimum Gasteiger partial charge on any atom is -0.437 e. The lowest BCUT2D eigenvalue weighted by Crippen LogP contribution is -2.38. The van der Waals surface area contributed by atoms with Gasteiger partial charge in [0.05, 0.1) is 10.7 Å². The fraction of sp³-hybridized carbons (Fsp3) is 0.414. The maximum Gasteiger partial charge on any atom is 0.240 e. The first kappa shape index (κ1) is 26.3. The minimum atomic E-state index is 0.337. The molecule has 1 saturated heterocycles. The number of hydrogen-bond acceptors (Lipinski definition) is 9. The fourth-order valence-electron chi connectivity index (χ4n) is 4.97. The van der Waals surface area contributed by atoms with Crippen molar-refractivity contribution in [2.45, 2.75) is 64.0 Å². The Labute approximate surface area is 228 Å². The third-order valence-electron chi connectivity index (χ3n) is 7.00. The molecule has 2 aromatic carbocycles. The number of nitrogens with one attached hydrogen (secondary N) is 2. The van der Waals surface area contributed by atoms with Crippen LogP contribution < -0.4 is 26.8 Å². The lowest BCUT2D eigenvalue weighted by atomic mass is 9.97. The second kappa shape index (κ2) is 12.5. The third kappa shape index (κ3) is 6.59. The van der Waals surface area contributed by atoms with E-state index in [-0.39, 0.29) is 0 Å². The van der Waals surface area contributed by atoms with Gasteiger partial charge in [-0.1, -0.05) is 43.5 Å². The second-order valence-electron chi connectivity index (χ2n) is 10.0. The van der Waals surface area contributed by atoms with Gasteiger partial charge in [0.2, 0.25) is 11.8 Å². The number of fused-ring (bicyclic) bond motifs is 1. The van der Waals surface area contributed by atoms with Crippen molar-refractivity contribution in [3.63, 3.8) is 0 Å². The van der Waals surface area contributed by atoms with Gasteiger partial charge in [-0.3, -0.25) is 0 Å². The molecule has 1 unspecified atom stereocenters. The Bertz CT molecular complexity index is 1350. The van der Waals surface area contributed by atoms with E-state index in [9.17, 15) is 0 Å². The van der Waals surface area contributed by atoms with Crippen LogP contribution in [0.15, 0.2) is 48.7 Å². The zero-order valence-electron chi connectivity index (χ0n) is 22.0. The zero-order valence-corrected chi connectivity index (χ0v) is 22.8. The summed E-state index contributed by atoms with van der Waals surface area (Å²) in [5, 5.41) is 9.67. The summed E-state index contributed by atoms with van der Waals surface area (Å²) in [5.41, 5.74) is 13.3. The fourth-order valence-corrected chi connectivity index (χ4v) is 5.79. The highest BCUT2D eigenvalue weighted by molar-refractivity contribution is 7.15. The third-order valence-corrected chi connectivity index (χ3v) is 7.97. The number of thiazole rings is 1. The SMILES string of the molecule is Cc1nc(Oc2ccc(N)c3ccccc23)c(-c2ccnc(NC3CCCNC3)n2)s1.NC1CCCCC1. The van der Waals surface area contributed by atoms with Crippen molar-refractivity contribution in [2.24, 2.45) is 5.73 Å². The summed E-state index contributed by atoms with van der Waals surface area (Å²) in [6.45, 7) is 3.96. The minimum absolute atomic E-state index is 0.337. The summed E-state index contributed by atoms with van der Waals surface area (Å²) < 4.78 is 6.30. The predicted molar refractivity (Wildman–Crippen MR) is 157 cm³/mol. The van der Waals surface area contributed by atoms with Crippen LogP contribution in [0.3, 0.4) is 0 Å². The number of aryl methyl sites for hydroxylation is 1. The van der Waals surface area contributed by atoms with Crippen LogP contribution in [0.25, 0.3) is 21.3 Å². The molecule has 6 rings (SSSR count). The highest BCUT2D eigenvalue weighted by atomic mass is 32.1. The van der Waals surface area contributed by atoms with Gasteiger partial charge in [-0.2, -0.15) is 0 Å². The summed E-state index contributed by atoms with van der Waals surface area (Å²) in [7, 11) is 0. The van der Waals surface area contributed by atoms with Crippen LogP contribution in [0.5, 0.6) is 11.6 Å². The van der Waals surface area contributed by atoms with Gasteiger partial charge in [-0.25, -0.2) is 15.0 Å². The number of piperidine rings is 1. The highest BCUT2D eigenvalue weighted by Gasteiger charge is 2.19. The number of benzene rings is 2. The molecule has 2 fully saturated rings. The van der Waals surface area contributed by atoms with E-state index in [1.165, 1.54) is 32.1 Å². The summed E-state index contributed by atoms with van der Waals surface area (Å²) in [4.78, 5) is 14.7. The lowest BCUT2D eigenvalue weighted by Gasteiger charge is -2.23. The molecule has 0 amide bonds. The van der Waals surface area contributed by atoms with Crippen molar-refractivity contribution in [1.82, 2.24) is 20.3 Å². The van der Waals surface area contributed by atoms with E-state index in [4.69, 9.17) is 21.2 Å². The van der Waals surface area contributed by atoms with Crippen LogP contribution in [0.1, 0.15) is 50.0 Å². The molecule has 1 aliphatic carbocycles. The van der Waals surface area contributed by atoms with E-state index < -0.39 is 0 Å². The van der Waals surface area contributed by atoms with Crippen molar-refractivity contribution >= 4 is 33.7 Å². The van der Waals surface area contributed by atoms with E-state index in [1.807, 2.05) is 49.4 Å². The van der Waals surface area contributed by atoms with E-state index in [0.717, 1.165) is 63.7 Å². The van der Waals surface area contributed by atoms with Gasteiger partial charge in [-0.15, -0.1) is 11.3 Å². The summed E-state index contributed by atoms with van der Waals surface area (Å²) in [6, 6.07) is 14.5. The molecule has 2 aromatic heterocycles. The molecule has 0 bridgehead atoms. The molecule has 6 N–H and O–H groups in total. The van der Waals surface area contributed by atoms with E-state index >= 15 is 0 Å². The Balaban J connectivity index is 0.000000366. The number of hydrogen-bond donors (Lipinski definition) is 4. The average molecular weight is 532 g/mol. The van der Waals surface area contributed by atoms with Crippen LogP contribution >= 0.6 is 11.3 Å². The highest BCUT2D eigenvalue weighted by Crippen LogP contribution is 2.40. The lowest BCUT2D eigenvalue weighted by molar-refractivity contribution is 0.441. The maximum absolute atomic E-state index is 6.30. The molecule has 9 heteroatoms. The summed E-state index contributed by atoms with van der Waals surface area (Å²) >= 11 is 1.56. The van der Waals surface area contributed by atoms with Gasteiger partial charge in [0, 0.05) is 41.3 Å². The summed E-state index contributed by atoms with van der Waals surface area (Å²) in [6.07, 6.45) is 10.7. The van der Waals surface area contributed by atoms with Gasteiger partial charge < -0.3 is 26.8 Å². The number of ether oxygens (including phenoxy) is 1. The number of aromatic nitrogens is 3. The Morgan fingerprint density at radius 3 is 2.53 bits per heavy atom. The van der Waals surface area contributed by atoms with Gasteiger partial charge in [-0.05, 0) is 57.4 Å². The summed E-state index contributed by atoms with van der Waals surface area (Å²) in [5.74, 6) is 1.89. The molecule has 4 aromatic rings. The van der Waals surface area contributed by atoms with Crippen molar-refractivity contribution in [3.05, 3.63) is 53.7 Å². The average Bonchev–Trinajstić information content (AvgIpc) is 3.32. The normalized spacial score (nSPS) is 18.0. The van der Waals surface area contributed by atoms with Crippen molar-refractivity contribution < 1.29 is 4.74 Å². The van der Waals surface area contributed by atoms with Crippen LogP contribution in [0.2, 0.25) is 0 Å². The maximum atomic E-state index is 6.30. The zero-order chi connectivity index (χ0) is 26.3. The van der Waals surface area contributed by atoms with Gasteiger partial charge in [0.1, 0.15) is 10.6 Å². The van der Waals surface area contributed by atoms with Gasteiger partial charge in [0.15, 0.2) is 0 Å². The molecule has 0 spiro atoms. The van der Waals surface area contributed by atoms with Crippen LogP contribution in [0, 0.1) is 6.92 Å². The van der Waals surface area contributed by atoms with Gasteiger partial charge >= 0.3 is 0 Å². The van der Waals surface area contributed by atoms with Crippen molar-refractivity contribution in [3.8, 4) is 22.2 Å². The number of nitrogens with two attached hydrogens (primary N) is 2. The smallest absolute Gasteiger partial charge is 0.240 e. The van der Waals surface area contributed by atoms with Crippen molar-refractivity contribution in [1.29, 1.82) is 0 Å². The molecule has 1 atom stereocenters. The van der Waals surface area contributed by atoms with Gasteiger partial charge in [0.25, 0.3) is 0 Å². The molecule has 1 aliphatic heterocycles. The molecule has 1 saturated carbocycles. The van der Waals surface area contributed by atoms with Crippen LogP contribution in [0.4, 0.5) is 11.6 Å². The van der Waals surface area contributed by atoms with Crippen LogP contribution in [-0.2, 0) is 0 Å². The molecule has 0 radical (unpaired) electrons. The molecule has 200 valence electrons. The molecular formula is C29H37N7OS. The largest absolute Gasteiger partial charge is 0.437 e. The van der Waals surface area contributed by atoms with E-state index in [1.54, 1.807) is 17.5 Å². The Kier molecular flexibility index (Phi) is 8.68. The standard InChI is InChI=1S/C23H24N6OS.C6H13N/c1-14-27-22(30-20-9-8-18(24)16-6-2-3-7-17(16)20)21(31-14)19-10-12-26-23(29-19)28-15-5-4-11-25-13-15;7-6-4-2-1-3-5-6/h2-3,6-10,12,15,25H,4-5,11,13,24H2,1H3,(H,26,28,29);6H,1-5,7H2. The molecule has 38 heavy (non-hydrogen) atoms. The first-order valence-corrected chi connectivity index (χ1v) is 14.4. The number of rotatable bonds is 5. The molecule has 8 nitrogen and oxygen atoms in total. The van der Waals surface area contributed by atoms with E-state index in [2.05, 4.69) is 20.6 Å².